The number of aryl methyl sites for hydroxylation is 1. The molecule has 90 valence electrons. The third-order valence-corrected chi connectivity index (χ3v) is 4.28. The first-order chi connectivity index (χ1) is 8.11. The molecule has 0 unspecified atom stereocenters. The van der Waals surface area contributed by atoms with Gasteiger partial charge in [0.05, 0.1) is 23.0 Å². The van der Waals surface area contributed by atoms with Gasteiger partial charge in [0.1, 0.15) is 5.03 Å². The first-order valence-corrected chi connectivity index (χ1v) is 6.64. The molecule has 0 radical (unpaired) electrons. The van der Waals surface area contributed by atoms with Gasteiger partial charge < -0.3 is 9.67 Å². The van der Waals surface area contributed by atoms with E-state index in [1.54, 1.807) is 6.20 Å². The summed E-state index contributed by atoms with van der Waals surface area (Å²) in [4.78, 5) is 8.60. The van der Waals surface area contributed by atoms with E-state index in [9.17, 15) is 0 Å². The molecule has 0 amide bonds. The van der Waals surface area contributed by atoms with Gasteiger partial charge in [0.15, 0.2) is 5.16 Å². The second-order valence-corrected chi connectivity index (χ2v) is 5.46. The van der Waals surface area contributed by atoms with Crippen LogP contribution in [0.25, 0.3) is 0 Å². The molecule has 0 aliphatic carbocycles. The van der Waals surface area contributed by atoms with Crippen molar-refractivity contribution in [3.05, 3.63) is 34.2 Å². The minimum atomic E-state index is -0.00738. The Balaban J connectivity index is 2.28. The molecular formula is C11H12BrN3OS. The van der Waals surface area contributed by atoms with E-state index < -0.39 is 0 Å². The van der Waals surface area contributed by atoms with Crippen LogP contribution in [0.4, 0.5) is 0 Å². The standard InChI is InChI=1S/C11H12BrN3OS/c1-7-3-9(12)10(13-4-7)17-11-14-5-8(6-16)15(11)2/h3-5,16H,6H2,1-2H3. The predicted octanol–water partition coefficient (Wildman–Crippen LogP) is 2.53. The monoisotopic (exact) mass is 313 g/mol. The maximum absolute atomic E-state index is 9.09. The molecule has 4 nitrogen and oxygen atoms in total. The van der Waals surface area contributed by atoms with Crippen molar-refractivity contribution in [3.63, 3.8) is 0 Å². The minimum absolute atomic E-state index is 0.00738. The molecule has 0 aromatic carbocycles. The van der Waals surface area contributed by atoms with Crippen molar-refractivity contribution in [1.82, 2.24) is 14.5 Å². The van der Waals surface area contributed by atoms with E-state index >= 15 is 0 Å². The molecule has 0 aliphatic rings. The molecule has 17 heavy (non-hydrogen) atoms. The van der Waals surface area contributed by atoms with Gasteiger partial charge in [-0.1, -0.05) is 0 Å². The average molecular weight is 314 g/mol. The van der Waals surface area contributed by atoms with Crippen LogP contribution >= 0.6 is 27.7 Å². The number of aliphatic hydroxyl groups is 1. The van der Waals surface area contributed by atoms with E-state index in [2.05, 4.69) is 25.9 Å². The molecule has 0 saturated heterocycles. The zero-order valence-corrected chi connectivity index (χ0v) is 11.9. The number of hydrogen-bond donors (Lipinski definition) is 1. The number of imidazole rings is 1. The zero-order valence-electron chi connectivity index (χ0n) is 9.51. The smallest absolute Gasteiger partial charge is 0.174 e. The lowest BCUT2D eigenvalue weighted by molar-refractivity contribution is 0.271. The Morgan fingerprint density at radius 3 is 2.76 bits per heavy atom. The molecule has 0 spiro atoms. The van der Waals surface area contributed by atoms with Crippen LogP contribution in [0, 0.1) is 6.92 Å². The molecule has 0 saturated carbocycles. The van der Waals surface area contributed by atoms with Gasteiger partial charge in [-0.15, -0.1) is 0 Å². The fourth-order valence-corrected chi connectivity index (χ4v) is 2.85. The van der Waals surface area contributed by atoms with Gasteiger partial charge in [0.2, 0.25) is 0 Å². The second-order valence-electron chi connectivity index (χ2n) is 3.65. The molecule has 1 N–H and O–H groups in total. The van der Waals surface area contributed by atoms with Crippen LogP contribution < -0.4 is 0 Å². The highest BCUT2D eigenvalue weighted by Gasteiger charge is 2.10. The van der Waals surface area contributed by atoms with E-state index in [4.69, 9.17) is 5.11 Å². The fourth-order valence-electron chi connectivity index (χ4n) is 1.35. The largest absolute Gasteiger partial charge is 0.390 e. The summed E-state index contributed by atoms with van der Waals surface area (Å²) in [5.74, 6) is 0. The summed E-state index contributed by atoms with van der Waals surface area (Å²) in [6.45, 7) is 1.99. The summed E-state index contributed by atoms with van der Waals surface area (Å²) in [7, 11) is 1.88. The van der Waals surface area contributed by atoms with Crippen LogP contribution in [0.3, 0.4) is 0 Å². The quantitative estimate of drug-likeness (QED) is 0.946. The topological polar surface area (TPSA) is 50.9 Å². The van der Waals surface area contributed by atoms with E-state index in [0.717, 1.165) is 25.9 Å². The zero-order chi connectivity index (χ0) is 12.4. The molecule has 2 aromatic rings. The van der Waals surface area contributed by atoms with Crippen molar-refractivity contribution < 1.29 is 5.11 Å². The molecule has 0 fully saturated rings. The minimum Gasteiger partial charge on any atom is -0.390 e. The Morgan fingerprint density at radius 2 is 2.18 bits per heavy atom. The van der Waals surface area contributed by atoms with Crippen LogP contribution in [0.5, 0.6) is 0 Å². The Hall–Kier alpha value is -0.850. The number of aliphatic hydroxyl groups excluding tert-OH is 1. The van der Waals surface area contributed by atoms with Crippen molar-refractivity contribution in [2.75, 3.05) is 0 Å². The Kier molecular flexibility index (Phi) is 3.86. The van der Waals surface area contributed by atoms with Gasteiger partial charge >= 0.3 is 0 Å². The van der Waals surface area contributed by atoms with Crippen molar-refractivity contribution in [1.29, 1.82) is 0 Å². The number of rotatable bonds is 3. The van der Waals surface area contributed by atoms with E-state index in [-0.39, 0.29) is 6.61 Å². The Bertz CT molecular complexity index is 542. The molecular weight excluding hydrogens is 302 g/mol. The Morgan fingerprint density at radius 1 is 1.41 bits per heavy atom. The highest BCUT2D eigenvalue weighted by atomic mass is 79.9. The van der Waals surface area contributed by atoms with E-state index in [1.807, 2.05) is 30.8 Å². The van der Waals surface area contributed by atoms with Crippen LogP contribution in [0.15, 0.2) is 33.1 Å². The van der Waals surface area contributed by atoms with E-state index in [1.165, 1.54) is 11.8 Å². The number of halogens is 1. The normalized spacial score (nSPS) is 10.8. The molecule has 0 bridgehead atoms. The number of aromatic nitrogens is 3. The van der Waals surface area contributed by atoms with Gasteiger partial charge in [-0.2, -0.15) is 0 Å². The third kappa shape index (κ3) is 2.70. The summed E-state index contributed by atoms with van der Waals surface area (Å²) in [5, 5.41) is 10.8. The van der Waals surface area contributed by atoms with Crippen molar-refractivity contribution >= 4 is 27.7 Å². The average Bonchev–Trinajstić information content (AvgIpc) is 2.64. The molecule has 6 heteroatoms. The van der Waals surface area contributed by atoms with Gasteiger partial charge in [-0.05, 0) is 46.2 Å². The lowest BCUT2D eigenvalue weighted by Crippen LogP contribution is -1.97. The van der Waals surface area contributed by atoms with Gasteiger partial charge in [0, 0.05) is 13.2 Å². The highest BCUT2D eigenvalue weighted by molar-refractivity contribution is 9.10. The van der Waals surface area contributed by atoms with Crippen molar-refractivity contribution in [2.24, 2.45) is 7.05 Å². The summed E-state index contributed by atoms with van der Waals surface area (Å²) in [5.41, 5.74) is 1.90. The first-order valence-electron chi connectivity index (χ1n) is 5.03. The number of pyridine rings is 1. The van der Waals surface area contributed by atoms with Crippen LogP contribution in [-0.4, -0.2) is 19.6 Å². The van der Waals surface area contributed by atoms with Crippen LogP contribution in [0.2, 0.25) is 0 Å². The molecule has 2 heterocycles. The summed E-state index contributed by atoms with van der Waals surface area (Å²) in [6, 6.07) is 2.02. The predicted molar refractivity (Wildman–Crippen MR) is 69.9 cm³/mol. The molecule has 0 aliphatic heterocycles. The summed E-state index contributed by atoms with van der Waals surface area (Å²) >= 11 is 4.95. The van der Waals surface area contributed by atoms with Crippen LogP contribution in [0.1, 0.15) is 11.3 Å². The highest BCUT2D eigenvalue weighted by Crippen LogP contribution is 2.31. The third-order valence-electron chi connectivity index (χ3n) is 2.34. The summed E-state index contributed by atoms with van der Waals surface area (Å²) in [6.07, 6.45) is 3.49. The lowest BCUT2D eigenvalue weighted by Gasteiger charge is -2.05. The Labute approximate surface area is 112 Å². The molecule has 0 atom stereocenters. The number of nitrogens with zero attached hydrogens (tertiary/aromatic N) is 3. The first kappa shape index (κ1) is 12.6. The van der Waals surface area contributed by atoms with Gasteiger partial charge in [-0.25, -0.2) is 9.97 Å². The SMILES string of the molecule is Cc1cnc(Sc2ncc(CO)n2C)c(Br)c1. The number of hydrogen-bond acceptors (Lipinski definition) is 4. The van der Waals surface area contributed by atoms with Gasteiger partial charge in [-0.3, -0.25) is 0 Å². The summed E-state index contributed by atoms with van der Waals surface area (Å²) < 4.78 is 2.81. The second kappa shape index (κ2) is 5.20. The lowest BCUT2D eigenvalue weighted by atomic mass is 10.3. The molecule has 2 aromatic heterocycles. The van der Waals surface area contributed by atoms with Crippen molar-refractivity contribution in [3.8, 4) is 0 Å². The maximum Gasteiger partial charge on any atom is 0.174 e. The van der Waals surface area contributed by atoms with E-state index in [0.29, 0.717) is 0 Å². The van der Waals surface area contributed by atoms with Gasteiger partial charge in [0.25, 0.3) is 0 Å². The van der Waals surface area contributed by atoms with Crippen LogP contribution in [-0.2, 0) is 13.7 Å². The fraction of sp³-hybridized carbons (Fsp3) is 0.273. The maximum atomic E-state index is 9.09. The van der Waals surface area contributed by atoms with Crippen molar-refractivity contribution in [2.45, 2.75) is 23.7 Å². The molecule has 2 rings (SSSR count).